The largest absolute Gasteiger partial charge is 0.463 e. The van der Waals surface area contributed by atoms with Crippen LogP contribution in [0.25, 0.3) is 5.76 Å². The Morgan fingerprint density at radius 3 is 2.39 bits per heavy atom. The molecule has 4 nitrogen and oxygen atoms in total. The second-order valence-electron chi connectivity index (χ2n) is 6.37. The van der Waals surface area contributed by atoms with Gasteiger partial charge in [0.15, 0.2) is 11.5 Å². The van der Waals surface area contributed by atoms with Crippen LogP contribution in [0.4, 0.5) is 8.78 Å². The third-order valence-electron chi connectivity index (χ3n) is 3.51. The van der Waals surface area contributed by atoms with Crippen molar-refractivity contribution in [3.05, 3.63) is 28.8 Å². The van der Waals surface area contributed by atoms with Crippen molar-refractivity contribution >= 4 is 35.7 Å². The molecule has 23 heavy (non-hydrogen) atoms. The summed E-state index contributed by atoms with van der Waals surface area (Å²) in [6.07, 6.45) is 0. The zero-order valence-corrected chi connectivity index (χ0v) is 16.2. The number of carbonyl (C=O) groups excluding carboxylic acids is 1. The SMILES string of the molecule is CCOC(=O)[C@]1(C(F)(F)Br)OC(c2ccc(C)o2)=C1[Si](C)(C)C. The Kier molecular flexibility index (Phi) is 4.53. The Hall–Kier alpha value is -1.15. The molecule has 128 valence electrons. The summed E-state index contributed by atoms with van der Waals surface area (Å²) in [5.74, 6) is 0.0950. The third kappa shape index (κ3) is 2.86. The van der Waals surface area contributed by atoms with E-state index in [0.717, 1.165) is 0 Å². The molecular formula is C15H19BrF2O4Si. The van der Waals surface area contributed by atoms with Crippen molar-refractivity contribution in [2.45, 2.75) is 43.9 Å². The molecule has 1 aliphatic heterocycles. The first-order valence-electron chi connectivity index (χ1n) is 7.20. The zero-order valence-electron chi connectivity index (χ0n) is 13.6. The summed E-state index contributed by atoms with van der Waals surface area (Å²) >= 11 is 2.32. The molecule has 0 radical (unpaired) electrons. The van der Waals surface area contributed by atoms with Gasteiger partial charge in [-0.1, -0.05) is 19.6 Å². The lowest BCUT2D eigenvalue weighted by atomic mass is 9.96. The van der Waals surface area contributed by atoms with Crippen LogP contribution in [0.1, 0.15) is 18.4 Å². The second-order valence-corrected chi connectivity index (χ2v) is 12.4. The van der Waals surface area contributed by atoms with E-state index in [9.17, 15) is 13.6 Å². The molecule has 2 rings (SSSR count). The van der Waals surface area contributed by atoms with Gasteiger partial charge in [-0.05, 0) is 41.9 Å². The number of aryl methyl sites for hydroxylation is 1. The third-order valence-corrected chi connectivity index (χ3v) is 6.15. The van der Waals surface area contributed by atoms with E-state index in [4.69, 9.17) is 13.9 Å². The summed E-state index contributed by atoms with van der Waals surface area (Å²) in [7, 11) is -2.36. The van der Waals surface area contributed by atoms with Crippen molar-refractivity contribution in [1.29, 1.82) is 0 Å². The van der Waals surface area contributed by atoms with Crippen LogP contribution < -0.4 is 0 Å². The van der Waals surface area contributed by atoms with Crippen molar-refractivity contribution in [2.24, 2.45) is 0 Å². The smallest absolute Gasteiger partial charge is 0.362 e. The van der Waals surface area contributed by atoms with Crippen LogP contribution >= 0.6 is 15.9 Å². The van der Waals surface area contributed by atoms with Gasteiger partial charge in [0.1, 0.15) is 5.76 Å². The summed E-state index contributed by atoms with van der Waals surface area (Å²) < 4.78 is 44.4. The van der Waals surface area contributed by atoms with Crippen LogP contribution in [0.3, 0.4) is 0 Å². The Morgan fingerprint density at radius 1 is 1.39 bits per heavy atom. The van der Waals surface area contributed by atoms with Gasteiger partial charge in [0, 0.05) is 5.20 Å². The topological polar surface area (TPSA) is 48.7 Å². The van der Waals surface area contributed by atoms with Crippen LogP contribution in [0.2, 0.25) is 19.6 Å². The van der Waals surface area contributed by atoms with Crippen LogP contribution in [-0.4, -0.2) is 31.1 Å². The number of halogens is 3. The minimum absolute atomic E-state index is 0.0127. The molecule has 0 amide bonds. The average Bonchev–Trinajstić information content (AvgIpc) is 2.70. The quantitative estimate of drug-likeness (QED) is 0.408. The minimum atomic E-state index is -3.59. The van der Waals surface area contributed by atoms with Crippen LogP contribution in [-0.2, 0) is 14.3 Å². The number of furan rings is 1. The van der Waals surface area contributed by atoms with E-state index in [2.05, 4.69) is 15.9 Å². The maximum atomic E-state index is 14.3. The minimum Gasteiger partial charge on any atom is -0.463 e. The highest BCUT2D eigenvalue weighted by Crippen LogP contribution is 2.57. The molecule has 1 aromatic heterocycles. The lowest BCUT2D eigenvalue weighted by molar-refractivity contribution is -0.184. The Bertz CT molecular complexity index is 657. The van der Waals surface area contributed by atoms with Gasteiger partial charge >= 0.3 is 10.8 Å². The van der Waals surface area contributed by atoms with Crippen LogP contribution in [0, 0.1) is 6.92 Å². The van der Waals surface area contributed by atoms with Gasteiger partial charge in [0.2, 0.25) is 0 Å². The van der Waals surface area contributed by atoms with Crippen molar-refractivity contribution in [3.8, 4) is 0 Å². The summed E-state index contributed by atoms with van der Waals surface area (Å²) in [5.41, 5.74) is -2.44. The fraction of sp³-hybridized carbons (Fsp3) is 0.533. The molecular weight excluding hydrogens is 390 g/mol. The van der Waals surface area contributed by atoms with Crippen LogP contribution in [0.5, 0.6) is 0 Å². The average molecular weight is 409 g/mol. The molecule has 0 fully saturated rings. The maximum absolute atomic E-state index is 14.3. The van der Waals surface area contributed by atoms with E-state index >= 15 is 0 Å². The van der Waals surface area contributed by atoms with Gasteiger partial charge in [-0.15, -0.1) is 0 Å². The molecule has 8 heteroatoms. The first-order chi connectivity index (χ1) is 10.4. The number of hydrogen-bond donors (Lipinski definition) is 0. The summed E-state index contributed by atoms with van der Waals surface area (Å²) in [5, 5.41) is 0.277. The highest BCUT2D eigenvalue weighted by molar-refractivity contribution is 9.10. The molecule has 1 atom stereocenters. The molecule has 2 heterocycles. The molecule has 0 saturated heterocycles. The molecule has 0 N–H and O–H groups in total. The first kappa shape index (κ1) is 18.2. The molecule has 1 aliphatic rings. The molecule has 0 unspecified atom stereocenters. The predicted octanol–water partition coefficient (Wildman–Crippen LogP) is 4.50. The Labute approximate surface area is 143 Å². The maximum Gasteiger partial charge on any atom is 0.362 e. The standard InChI is InChI=1S/C15H19BrF2O4Si/c1-6-20-13(19)14(15(16,17)18)12(23(3,4)5)11(22-14)10-8-7-9(2)21-10/h7-8H,6H2,1-5H3/t14-/m1/s1. The normalized spacial score (nSPS) is 21.7. The van der Waals surface area contributed by atoms with E-state index in [1.54, 1.807) is 26.0 Å². The summed E-state index contributed by atoms with van der Waals surface area (Å²) in [6, 6.07) is 3.36. The Balaban J connectivity index is 2.66. The van der Waals surface area contributed by atoms with Gasteiger partial charge in [-0.2, -0.15) is 8.78 Å². The van der Waals surface area contributed by atoms with Crippen molar-refractivity contribution in [1.82, 2.24) is 0 Å². The number of ether oxygens (including phenoxy) is 2. The van der Waals surface area contributed by atoms with E-state index in [1.807, 2.05) is 19.6 Å². The molecule has 0 aromatic carbocycles. The van der Waals surface area contributed by atoms with E-state index < -0.39 is 24.5 Å². The lowest BCUT2D eigenvalue weighted by Crippen LogP contribution is -2.65. The van der Waals surface area contributed by atoms with Crippen molar-refractivity contribution in [3.63, 3.8) is 0 Å². The summed E-state index contributed by atoms with van der Waals surface area (Å²) in [4.78, 5) is 8.74. The van der Waals surface area contributed by atoms with Crippen LogP contribution in [0.15, 0.2) is 21.7 Å². The second kappa shape index (κ2) is 5.73. The fourth-order valence-corrected chi connectivity index (χ4v) is 5.50. The summed E-state index contributed by atoms with van der Waals surface area (Å²) in [6.45, 7) is 8.90. The van der Waals surface area contributed by atoms with Crippen molar-refractivity contribution < 1.29 is 27.5 Å². The molecule has 0 aliphatic carbocycles. The van der Waals surface area contributed by atoms with E-state index in [0.29, 0.717) is 11.5 Å². The Morgan fingerprint density at radius 2 is 2.00 bits per heavy atom. The molecule has 0 saturated carbocycles. The lowest BCUT2D eigenvalue weighted by Gasteiger charge is -2.49. The monoisotopic (exact) mass is 408 g/mol. The fourth-order valence-electron chi connectivity index (χ4n) is 2.66. The molecule has 1 aromatic rings. The number of esters is 1. The van der Waals surface area contributed by atoms with Gasteiger partial charge in [0.05, 0.1) is 14.7 Å². The molecule has 0 bridgehead atoms. The number of rotatable bonds is 5. The predicted molar refractivity (Wildman–Crippen MR) is 88.0 cm³/mol. The van der Waals surface area contributed by atoms with Crippen molar-refractivity contribution in [2.75, 3.05) is 6.61 Å². The van der Waals surface area contributed by atoms with Gasteiger partial charge in [-0.3, -0.25) is 0 Å². The highest BCUT2D eigenvalue weighted by atomic mass is 79.9. The number of carbonyl (C=O) groups is 1. The number of hydrogen-bond acceptors (Lipinski definition) is 4. The van der Waals surface area contributed by atoms with E-state index in [1.165, 1.54) is 0 Å². The molecule has 0 spiro atoms. The van der Waals surface area contributed by atoms with Gasteiger partial charge < -0.3 is 13.9 Å². The van der Waals surface area contributed by atoms with Gasteiger partial charge in [-0.25, -0.2) is 4.79 Å². The zero-order chi connectivity index (χ0) is 17.6. The van der Waals surface area contributed by atoms with Gasteiger partial charge in [0.25, 0.3) is 5.60 Å². The van der Waals surface area contributed by atoms with E-state index in [-0.39, 0.29) is 17.6 Å². The highest BCUT2D eigenvalue weighted by Gasteiger charge is 2.72. The first-order valence-corrected chi connectivity index (χ1v) is 11.5. The number of alkyl halides is 3.